The molecule has 0 aliphatic rings. The number of hydrogen-bond donors (Lipinski definition) is 1. The molecule has 1 rings (SSSR count). The number of nitro groups is 2. The molecule has 0 aromatic heterocycles. The van der Waals surface area contributed by atoms with E-state index in [2.05, 4.69) is 0 Å². The maximum Gasteiger partial charge on any atom is 0.284 e. The summed E-state index contributed by atoms with van der Waals surface area (Å²) >= 11 is 0. The highest BCUT2D eigenvalue weighted by atomic mass is 16.6. The summed E-state index contributed by atoms with van der Waals surface area (Å²) in [6.07, 6.45) is 0. The zero-order valence-corrected chi connectivity index (χ0v) is 7.84. The summed E-state index contributed by atoms with van der Waals surface area (Å²) in [7, 11) is 0. The molecule has 0 saturated carbocycles. The van der Waals surface area contributed by atoms with Crippen molar-refractivity contribution >= 4 is 11.4 Å². The predicted octanol–water partition coefficient (Wildman–Crippen LogP) is 1.30. The van der Waals surface area contributed by atoms with Gasteiger partial charge in [0.1, 0.15) is 5.56 Å². The van der Waals surface area contributed by atoms with E-state index in [0.29, 0.717) is 0 Å². The minimum atomic E-state index is -0.728. The van der Waals surface area contributed by atoms with Crippen molar-refractivity contribution < 1.29 is 15.0 Å². The Kier molecular flexibility index (Phi) is 2.96. The molecule has 80 valence electrons. The van der Waals surface area contributed by atoms with Gasteiger partial charge in [0.25, 0.3) is 11.4 Å². The molecular weight excluding hydrogens is 204 g/mol. The molecular formula is C8H8N2O5. The summed E-state index contributed by atoms with van der Waals surface area (Å²) in [5, 5.41) is 30.0. The largest absolute Gasteiger partial charge is 0.391 e. The molecule has 7 heteroatoms. The standard InChI is InChI=1S/C8H8N2O5/c1-5-7(9(12)13)3-2-6(4-11)8(5)10(14)15/h2-3,11H,4H2,1H3. The second-order valence-corrected chi connectivity index (χ2v) is 2.89. The minimum Gasteiger partial charge on any atom is -0.391 e. The Bertz CT molecular complexity index is 429. The lowest BCUT2D eigenvalue weighted by molar-refractivity contribution is -0.395. The molecule has 7 nitrogen and oxygen atoms in total. The van der Waals surface area contributed by atoms with Crippen LogP contribution >= 0.6 is 0 Å². The van der Waals surface area contributed by atoms with Gasteiger partial charge in [0.15, 0.2) is 0 Å². The molecule has 0 unspecified atom stereocenters. The van der Waals surface area contributed by atoms with Crippen molar-refractivity contribution in [2.45, 2.75) is 13.5 Å². The van der Waals surface area contributed by atoms with Crippen LogP contribution in [0.25, 0.3) is 0 Å². The summed E-state index contributed by atoms with van der Waals surface area (Å²) in [4.78, 5) is 19.7. The van der Waals surface area contributed by atoms with Crippen LogP contribution in [-0.2, 0) is 6.61 Å². The van der Waals surface area contributed by atoms with Crippen LogP contribution in [0.5, 0.6) is 0 Å². The highest BCUT2D eigenvalue weighted by Gasteiger charge is 2.24. The number of aliphatic hydroxyl groups excluding tert-OH is 1. The zero-order chi connectivity index (χ0) is 11.6. The second kappa shape index (κ2) is 4.01. The van der Waals surface area contributed by atoms with E-state index in [0.717, 1.165) is 6.07 Å². The van der Waals surface area contributed by atoms with Gasteiger partial charge >= 0.3 is 0 Å². The molecule has 0 amide bonds. The molecule has 1 aromatic carbocycles. The molecule has 0 aliphatic carbocycles. The van der Waals surface area contributed by atoms with Gasteiger partial charge in [-0.3, -0.25) is 20.2 Å². The molecule has 0 atom stereocenters. The number of aliphatic hydroxyl groups is 1. The fourth-order valence-electron chi connectivity index (χ4n) is 1.33. The Hall–Kier alpha value is -2.02. The van der Waals surface area contributed by atoms with Gasteiger partial charge in [-0.2, -0.15) is 0 Å². The molecule has 1 N–H and O–H groups in total. The lowest BCUT2D eigenvalue weighted by Crippen LogP contribution is -2.01. The maximum atomic E-state index is 10.6. The fourth-order valence-corrected chi connectivity index (χ4v) is 1.33. The number of benzene rings is 1. The van der Waals surface area contributed by atoms with Crippen LogP contribution < -0.4 is 0 Å². The highest BCUT2D eigenvalue weighted by Crippen LogP contribution is 2.30. The minimum absolute atomic E-state index is 0.0449. The Morgan fingerprint density at radius 1 is 1.27 bits per heavy atom. The normalized spacial score (nSPS) is 10.0. The first-order chi connectivity index (χ1) is 6.99. The van der Waals surface area contributed by atoms with E-state index in [9.17, 15) is 20.2 Å². The van der Waals surface area contributed by atoms with Crippen LogP contribution in [0.15, 0.2) is 12.1 Å². The van der Waals surface area contributed by atoms with Crippen LogP contribution in [0.3, 0.4) is 0 Å². The number of hydrogen-bond acceptors (Lipinski definition) is 5. The first-order valence-corrected chi connectivity index (χ1v) is 4.01. The van der Waals surface area contributed by atoms with E-state index in [1.807, 2.05) is 0 Å². The van der Waals surface area contributed by atoms with E-state index in [4.69, 9.17) is 5.11 Å². The quantitative estimate of drug-likeness (QED) is 0.600. The average Bonchev–Trinajstić information content (AvgIpc) is 2.15. The molecule has 0 heterocycles. The van der Waals surface area contributed by atoms with E-state index < -0.39 is 22.1 Å². The van der Waals surface area contributed by atoms with Crippen molar-refractivity contribution in [2.24, 2.45) is 0 Å². The summed E-state index contributed by atoms with van der Waals surface area (Å²) in [5.41, 5.74) is -0.690. The van der Waals surface area contributed by atoms with Gasteiger partial charge < -0.3 is 5.11 Å². The average molecular weight is 212 g/mol. The Morgan fingerprint density at radius 3 is 2.27 bits per heavy atom. The monoisotopic (exact) mass is 212 g/mol. The van der Waals surface area contributed by atoms with Crippen LogP contribution in [0.4, 0.5) is 11.4 Å². The summed E-state index contributed by atoms with van der Waals surface area (Å²) < 4.78 is 0. The van der Waals surface area contributed by atoms with Crippen LogP contribution in [0, 0.1) is 27.2 Å². The Morgan fingerprint density at radius 2 is 1.87 bits per heavy atom. The van der Waals surface area contributed by atoms with Gasteiger partial charge in [0, 0.05) is 6.07 Å². The maximum absolute atomic E-state index is 10.6. The molecule has 0 radical (unpaired) electrons. The topological polar surface area (TPSA) is 107 Å². The molecule has 0 spiro atoms. The highest BCUT2D eigenvalue weighted by molar-refractivity contribution is 5.57. The molecule has 0 aliphatic heterocycles. The molecule has 0 fully saturated rings. The Balaban J connectivity index is 3.49. The second-order valence-electron chi connectivity index (χ2n) is 2.89. The van der Waals surface area contributed by atoms with Gasteiger partial charge in [-0.15, -0.1) is 0 Å². The molecule has 0 bridgehead atoms. The van der Waals surface area contributed by atoms with Gasteiger partial charge in [-0.1, -0.05) is 0 Å². The lowest BCUT2D eigenvalue weighted by atomic mass is 10.1. The van der Waals surface area contributed by atoms with E-state index in [-0.39, 0.29) is 16.8 Å². The molecule has 1 aromatic rings. The molecule has 0 saturated heterocycles. The lowest BCUT2D eigenvalue weighted by Gasteiger charge is -2.02. The van der Waals surface area contributed by atoms with Gasteiger partial charge in [-0.05, 0) is 13.0 Å². The smallest absolute Gasteiger partial charge is 0.284 e. The van der Waals surface area contributed by atoms with Gasteiger partial charge in [0.2, 0.25) is 0 Å². The van der Waals surface area contributed by atoms with Crippen molar-refractivity contribution in [3.05, 3.63) is 43.5 Å². The van der Waals surface area contributed by atoms with Crippen molar-refractivity contribution in [3.63, 3.8) is 0 Å². The fraction of sp³-hybridized carbons (Fsp3) is 0.250. The Labute approximate surface area is 84.3 Å². The summed E-state index contributed by atoms with van der Waals surface area (Å²) in [6.45, 7) is 0.768. The number of rotatable bonds is 3. The van der Waals surface area contributed by atoms with Crippen molar-refractivity contribution in [1.29, 1.82) is 0 Å². The van der Waals surface area contributed by atoms with Crippen molar-refractivity contribution in [1.82, 2.24) is 0 Å². The van der Waals surface area contributed by atoms with E-state index in [1.54, 1.807) is 0 Å². The van der Waals surface area contributed by atoms with E-state index in [1.165, 1.54) is 13.0 Å². The zero-order valence-electron chi connectivity index (χ0n) is 7.84. The van der Waals surface area contributed by atoms with Crippen LogP contribution in [0.2, 0.25) is 0 Å². The van der Waals surface area contributed by atoms with Gasteiger partial charge in [-0.25, -0.2) is 0 Å². The van der Waals surface area contributed by atoms with Gasteiger partial charge in [0.05, 0.1) is 22.0 Å². The molecule has 15 heavy (non-hydrogen) atoms. The summed E-state index contributed by atoms with van der Waals surface area (Å²) in [5.74, 6) is 0. The third-order valence-electron chi connectivity index (χ3n) is 2.04. The summed E-state index contributed by atoms with van der Waals surface area (Å²) in [6, 6.07) is 2.33. The first kappa shape index (κ1) is 11.1. The third kappa shape index (κ3) is 1.91. The predicted molar refractivity (Wildman–Crippen MR) is 50.4 cm³/mol. The van der Waals surface area contributed by atoms with E-state index >= 15 is 0 Å². The SMILES string of the molecule is Cc1c([N+](=O)[O-])ccc(CO)c1[N+](=O)[O-]. The van der Waals surface area contributed by atoms with Crippen LogP contribution in [0.1, 0.15) is 11.1 Å². The van der Waals surface area contributed by atoms with Crippen LogP contribution in [-0.4, -0.2) is 15.0 Å². The first-order valence-electron chi connectivity index (χ1n) is 4.01. The third-order valence-corrected chi connectivity index (χ3v) is 2.04. The number of nitrogens with zero attached hydrogens (tertiary/aromatic N) is 2. The van der Waals surface area contributed by atoms with Crippen molar-refractivity contribution in [3.8, 4) is 0 Å². The van der Waals surface area contributed by atoms with Crippen molar-refractivity contribution in [2.75, 3.05) is 0 Å². The number of nitro benzene ring substituents is 2.